The first-order valence-electron chi connectivity index (χ1n) is 8.39. The number of aromatic amines is 1. The Balaban J connectivity index is 1.85. The number of para-hydroxylation sites is 1. The molecule has 1 heterocycles. The van der Waals surface area contributed by atoms with E-state index in [1.807, 2.05) is 54.6 Å². The molecule has 0 aliphatic rings. The Morgan fingerprint density at radius 2 is 1.61 bits per heavy atom. The van der Waals surface area contributed by atoms with Crippen molar-refractivity contribution in [2.45, 2.75) is 4.90 Å². The number of non-ortho nitro benzene ring substituents is 1. The molecule has 0 saturated heterocycles. The molecule has 4 rings (SSSR count). The van der Waals surface area contributed by atoms with Crippen molar-refractivity contribution < 1.29 is 13.3 Å². The first kappa shape index (κ1) is 17.7. The minimum Gasteiger partial charge on any atom is -0.353 e. The van der Waals surface area contributed by atoms with Crippen molar-refractivity contribution in [2.75, 3.05) is 4.72 Å². The number of aromatic nitrogens is 1. The molecule has 0 radical (unpaired) electrons. The van der Waals surface area contributed by atoms with Crippen LogP contribution in [0.15, 0.2) is 83.8 Å². The van der Waals surface area contributed by atoms with Crippen LogP contribution in [0, 0.1) is 10.1 Å². The van der Waals surface area contributed by atoms with Gasteiger partial charge in [-0.05, 0) is 12.1 Å². The molecule has 0 fully saturated rings. The zero-order chi connectivity index (χ0) is 19.7. The summed E-state index contributed by atoms with van der Waals surface area (Å²) in [6.45, 7) is 0. The van der Waals surface area contributed by atoms with Gasteiger partial charge in [0.25, 0.3) is 15.7 Å². The Kier molecular flexibility index (Phi) is 4.32. The van der Waals surface area contributed by atoms with Gasteiger partial charge in [-0.1, -0.05) is 54.6 Å². The molecule has 2 N–H and O–H groups in total. The van der Waals surface area contributed by atoms with Crippen LogP contribution >= 0.6 is 0 Å². The summed E-state index contributed by atoms with van der Waals surface area (Å²) >= 11 is 0. The number of hydrogen-bond donors (Lipinski definition) is 2. The number of nitrogens with zero attached hydrogens (tertiary/aromatic N) is 1. The molecule has 0 aliphatic heterocycles. The second-order valence-corrected chi connectivity index (χ2v) is 7.83. The molecule has 0 atom stereocenters. The third-order valence-corrected chi connectivity index (χ3v) is 5.69. The predicted molar refractivity (Wildman–Crippen MR) is 108 cm³/mol. The van der Waals surface area contributed by atoms with Crippen molar-refractivity contribution in [1.29, 1.82) is 0 Å². The maximum atomic E-state index is 13.0. The van der Waals surface area contributed by atoms with Gasteiger partial charge in [-0.25, -0.2) is 8.42 Å². The number of nitro benzene ring substituents is 1. The van der Waals surface area contributed by atoms with E-state index in [-0.39, 0.29) is 10.6 Å². The fourth-order valence-electron chi connectivity index (χ4n) is 3.03. The third-order valence-electron chi connectivity index (χ3n) is 4.34. The van der Waals surface area contributed by atoms with Crippen molar-refractivity contribution in [2.24, 2.45) is 0 Å². The molecule has 28 heavy (non-hydrogen) atoms. The summed E-state index contributed by atoms with van der Waals surface area (Å²) < 4.78 is 28.5. The van der Waals surface area contributed by atoms with Crippen LogP contribution in [0.2, 0.25) is 0 Å². The van der Waals surface area contributed by atoms with Gasteiger partial charge in [0.15, 0.2) is 0 Å². The smallest absolute Gasteiger partial charge is 0.270 e. The number of nitrogens with one attached hydrogen (secondary N) is 2. The highest BCUT2D eigenvalue weighted by molar-refractivity contribution is 7.92. The molecular formula is C20H15N3O4S. The van der Waals surface area contributed by atoms with E-state index >= 15 is 0 Å². The lowest BCUT2D eigenvalue weighted by molar-refractivity contribution is -0.385. The number of anilines is 1. The Morgan fingerprint density at radius 3 is 2.36 bits per heavy atom. The average molecular weight is 393 g/mol. The number of hydrogen-bond acceptors (Lipinski definition) is 4. The normalized spacial score (nSPS) is 11.4. The molecular weight excluding hydrogens is 378 g/mol. The molecule has 140 valence electrons. The maximum absolute atomic E-state index is 13.0. The number of rotatable bonds is 5. The largest absolute Gasteiger partial charge is 0.353 e. The summed E-state index contributed by atoms with van der Waals surface area (Å²) in [6.07, 6.45) is 0. The Labute approximate surface area is 160 Å². The number of fused-ring (bicyclic) bond motifs is 1. The van der Waals surface area contributed by atoms with Crippen molar-refractivity contribution in [3.05, 3.63) is 89.0 Å². The zero-order valence-electron chi connectivity index (χ0n) is 14.5. The summed E-state index contributed by atoms with van der Waals surface area (Å²) in [5.41, 5.74) is 2.32. The van der Waals surface area contributed by atoms with Gasteiger partial charge >= 0.3 is 0 Å². The van der Waals surface area contributed by atoms with Gasteiger partial charge in [0, 0.05) is 28.6 Å². The van der Waals surface area contributed by atoms with Crippen molar-refractivity contribution in [3.8, 4) is 11.3 Å². The molecule has 0 unspecified atom stereocenters. The number of H-pyrrole nitrogens is 1. The highest BCUT2D eigenvalue weighted by atomic mass is 32.2. The van der Waals surface area contributed by atoms with Gasteiger partial charge in [0.2, 0.25) is 0 Å². The molecule has 0 spiro atoms. The highest BCUT2D eigenvalue weighted by Crippen LogP contribution is 2.36. The van der Waals surface area contributed by atoms with Crippen LogP contribution in [0.1, 0.15) is 0 Å². The molecule has 0 bridgehead atoms. The lowest BCUT2D eigenvalue weighted by Gasteiger charge is -2.10. The van der Waals surface area contributed by atoms with Crippen molar-refractivity contribution in [1.82, 2.24) is 4.98 Å². The van der Waals surface area contributed by atoms with Crippen LogP contribution in [0.4, 0.5) is 11.4 Å². The Morgan fingerprint density at radius 1 is 0.893 bits per heavy atom. The molecule has 7 nitrogen and oxygen atoms in total. The topological polar surface area (TPSA) is 105 Å². The van der Waals surface area contributed by atoms with Crippen LogP contribution in [0.25, 0.3) is 22.2 Å². The minimum atomic E-state index is -4.04. The van der Waals surface area contributed by atoms with E-state index in [2.05, 4.69) is 9.71 Å². The number of benzene rings is 3. The van der Waals surface area contributed by atoms with Gasteiger partial charge in [-0.2, -0.15) is 0 Å². The zero-order valence-corrected chi connectivity index (χ0v) is 15.3. The molecule has 1 aromatic heterocycles. The van der Waals surface area contributed by atoms with Crippen LogP contribution in [0.3, 0.4) is 0 Å². The van der Waals surface area contributed by atoms with Gasteiger partial charge in [0.1, 0.15) is 0 Å². The van der Waals surface area contributed by atoms with E-state index in [1.165, 1.54) is 18.2 Å². The van der Waals surface area contributed by atoms with E-state index in [0.29, 0.717) is 16.8 Å². The fourth-order valence-corrected chi connectivity index (χ4v) is 4.16. The highest BCUT2D eigenvalue weighted by Gasteiger charge is 2.22. The van der Waals surface area contributed by atoms with E-state index in [0.717, 1.165) is 17.1 Å². The van der Waals surface area contributed by atoms with E-state index < -0.39 is 14.9 Å². The standard InChI is InChI=1S/C20H15N3O4S/c24-23(25)15-9-6-10-16(13-15)28(26,27)22-20-17-11-4-5-12-18(17)21-19(20)14-7-2-1-3-8-14/h1-13,21-22H. The van der Waals surface area contributed by atoms with E-state index in [1.54, 1.807) is 0 Å². The molecule has 4 aromatic rings. The summed E-state index contributed by atoms with van der Waals surface area (Å²) in [5.74, 6) is 0. The van der Waals surface area contributed by atoms with Crippen LogP contribution in [0.5, 0.6) is 0 Å². The summed E-state index contributed by atoms with van der Waals surface area (Å²) in [4.78, 5) is 13.4. The molecule has 3 aromatic carbocycles. The van der Waals surface area contributed by atoms with Gasteiger partial charge in [-0.3, -0.25) is 14.8 Å². The van der Waals surface area contributed by atoms with Gasteiger partial charge in [0.05, 0.1) is 21.2 Å². The number of sulfonamides is 1. The fraction of sp³-hybridized carbons (Fsp3) is 0. The Bertz CT molecular complexity index is 1280. The Hall–Kier alpha value is -3.65. The first-order chi connectivity index (χ1) is 13.5. The summed E-state index contributed by atoms with van der Waals surface area (Å²) in [7, 11) is -4.04. The summed E-state index contributed by atoms with van der Waals surface area (Å²) in [6, 6.07) is 21.6. The molecule has 8 heteroatoms. The summed E-state index contributed by atoms with van der Waals surface area (Å²) in [5, 5.41) is 11.7. The number of nitro groups is 1. The lowest BCUT2D eigenvalue weighted by atomic mass is 10.1. The van der Waals surface area contributed by atoms with E-state index in [9.17, 15) is 18.5 Å². The average Bonchev–Trinajstić information content (AvgIpc) is 3.07. The van der Waals surface area contributed by atoms with Crippen LogP contribution in [-0.2, 0) is 10.0 Å². The lowest BCUT2D eigenvalue weighted by Crippen LogP contribution is -2.13. The predicted octanol–water partition coefficient (Wildman–Crippen LogP) is 4.54. The van der Waals surface area contributed by atoms with Crippen LogP contribution in [-0.4, -0.2) is 18.3 Å². The molecule has 0 saturated carbocycles. The van der Waals surface area contributed by atoms with E-state index in [4.69, 9.17) is 0 Å². The SMILES string of the molecule is O=[N+]([O-])c1cccc(S(=O)(=O)Nc2c(-c3ccccc3)[nH]c3ccccc23)c1. The van der Waals surface area contributed by atoms with Crippen LogP contribution < -0.4 is 4.72 Å². The first-order valence-corrected chi connectivity index (χ1v) is 9.87. The van der Waals surface area contributed by atoms with Crippen molar-refractivity contribution >= 4 is 32.3 Å². The third kappa shape index (κ3) is 3.21. The second kappa shape index (κ2) is 6.82. The minimum absolute atomic E-state index is 0.175. The maximum Gasteiger partial charge on any atom is 0.270 e. The second-order valence-electron chi connectivity index (χ2n) is 6.15. The van der Waals surface area contributed by atoms with Crippen molar-refractivity contribution in [3.63, 3.8) is 0 Å². The molecule has 0 amide bonds. The monoisotopic (exact) mass is 393 g/mol. The van der Waals surface area contributed by atoms with Gasteiger partial charge < -0.3 is 4.98 Å². The van der Waals surface area contributed by atoms with Gasteiger partial charge in [-0.15, -0.1) is 0 Å². The molecule has 0 aliphatic carbocycles. The quantitative estimate of drug-likeness (QED) is 0.383.